The number of aromatic nitrogens is 1. The first-order chi connectivity index (χ1) is 8.28. The van der Waals surface area contributed by atoms with Crippen molar-refractivity contribution in [3.63, 3.8) is 0 Å². The fraction of sp³-hybridized carbons (Fsp3) is 0.214. The van der Waals surface area contributed by atoms with Gasteiger partial charge in [0.2, 0.25) is 0 Å². The normalized spacial score (nSPS) is 10.2. The van der Waals surface area contributed by atoms with E-state index in [0.29, 0.717) is 6.54 Å². The molecule has 0 amide bonds. The molecular weight excluding hydrogens is 210 g/mol. The minimum absolute atomic E-state index is 0.580. The molecule has 0 saturated heterocycles. The van der Waals surface area contributed by atoms with Crippen molar-refractivity contribution in [1.29, 1.82) is 0 Å². The number of anilines is 1. The second-order valence-electron chi connectivity index (χ2n) is 4.10. The van der Waals surface area contributed by atoms with Gasteiger partial charge in [-0.3, -0.25) is 0 Å². The van der Waals surface area contributed by atoms with E-state index < -0.39 is 0 Å². The van der Waals surface area contributed by atoms with E-state index in [-0.39, 0.29) is 0 Å². The second kappa shape index (κ2) is 5.46. The second-order valence-corrected chi connectivity index (χ2v) is 4.10. The maximum Gasteiger partial charge on any atom is 0.126 e. The van der Waals surface area contributed by atoms with E-state index in [1.807, 2.05) is 37.4 Å². The van der Waals surface area contributed by atoms with Gasteiger partial charge in [0, 0.05) is 19.3 Å². The first kappa shape index (κ1) is 11.6. The maximum absolute atomic E-state index is 5.61. The van der Waals surface area contributed by atoms with E-state index in [4.69, 9.17) is 5.73 Å². The predicted octanol–water partition coefficient (Wildman–Crippen LogP) is 2.46. The summed E-state index contributed by atoms with van der Waals surface area (Å²) in [6.07, 6.45) is 1.86. The van der Waals surface area contributed by atoms with Gasteiger partial charge in [-0.25, -0.2) is 4.98 Å². The van der Waals surface area contributed by atoms with Crippen LogP contribution in [-0.4, -0.2) is 4.98 Å². The van der Waals surface area contributed by atoms with Crippen molar-refractivity contribution < 1.29 is 0 Å². The summed E-state index contributed by atoms with van der Waals surface area (Å²) in [7, 11) is 0. The molecular formula is C14H17N3. The summed E-state index contributed by atoms with van der Waals surface area (Å²) >= 11 is 0. The molecule has 1 aromatic carbocycles. The molecule has 0 radical (unpaired) electrons. The predicted molar refractivity (Wildman–Crippen MR) is 70.6 cm³/mol. The van der Waals surface area contributed by atoms with Crippen LogP contribution in [0.25, 0.3) is 0 Å². The van der Waals surface area contributed by atoms with Crippen LogP contribution in [0, 0.1) is 6.92 Å². The fourth-order valence-electron chi connectivity index (χ4n) is 1.63. The highest BCUT2D eigenvalue weighted by molar-refractivity contribution is 5.37. The van der Waals surface area contributed by atoms with Crippen molar-refractivity contribution in [2.24, 2.45) is 5.73 Å². The van der Waals surface area contributed by atoms with Gasteiger partial charge in [0.1, 0.15) is 5.82 Å². The average Bonchev–Trinajstić information content (AvgIpc) is 2.38. The van der Waals surface area contributed by atoms with Gasteiger partial charge in [-0.1, -0.05) is 30.3 Å². The summed E-state index contributed by atoms with van der Waals surface area (Å²) in [6, 6.07) is 12.3. The molecule has 0 aliphatic heterocycles. The highest BCUT2D eigenvalue weighted by Crippen LogP contribution is 2.08. The van der Waals surface area contributed by atoms with Crippen LogP contribution in [0.3, 0.4) is 0 Å². The molecule has 0 atom stereocenters. The number of rotatable bonds is 4. The van der Waals surface area contributed by atoms with Crippen LogP contribution in [-0.2, 0) is 13.1 Å². The number of hydrogen-bond acceptors (Lipinski definition) is 3. The third-order valence-electron chi connectivity index (χ3n) is 2.61. The number of pyridine rings is 1. The molecule has 1 aromatic heterocycles. The summed E-state index contributed by atoms with van der Waals surface area (Å²) in [5, 5.41) is 3.29. The smallest absolute Gasteiger partial charge is 0.126 e. The lowest BCUT2D eigenvalue weighted by Crippen LogP contribution is -2.03. The van der Waals surface area contributed by atoms with Crippen molar-refractivity contribution in [1.82, 2.24) is 4.98 Å². The lowest BCUT2D eigenvalue weighted by Gasteiger charge is -2.07. The molecule has 2 aromatic rings. The van der Waals surface area contributed by atoms with Crippen LogP contribution in [0.4, 0.5) is 5.82 Å². The lowest BCUT2D eigenvalue weighted by molar-refractivity contribution is 1.04. The van der Waals surface area contributed by atoms with E-state index in [2.05, 4.69) is 22.4 Å². The Balaban J connectivity index is 1.99. The van der Waals surface area contributed by atoms with Crippen LogP contribution in [0.1, 0.15) is 16.7 Å². The zero-order valence-electron chi connectivity index (χ0n) is 9.98. The molecule has 0 unspecified atom stereocenters. The molecule has 3 nitrogen and oxygen atoms in total. The van der Waals surface area contributed by atoms with Gasteiger partial charge in [-0.15, -0.1) is 0 Å². The highest BCUT2D eigenvalue weighted by atomic mass is 15.0. The molecule has 3 N–H and O–H groups in total. The van der Waals surface area contributed by atoms with Gasteiger partial charge >= 0.3 is 0 Å². The van der Waals surface area contributed by atoms with E-state index in [1.165, 1.54) is 11.1 Å². The number of nitrogens with two attached hydrogens (primary N) is 1. The molecule has 0 fully saturated rings. The van der Waals surface area contributed by atoms with Crippen LogP contribution in [0.5, 0.6) is 0 Å². The topological polar surface area (TPSA) is 50.9 Å². The van der Waals surface area contributed by atoms with Gasteiger partial charge in [-0.05, 0) is 29.7 Å². The van der Waals surface area contributed by atoms with Crippen LogP contribution in [0.2, 0.25) is 0 Å². The Bertz CT molecular complexity index is 477. The summed E-state index contributed by atoms with van der Waals surface area (Å²) in [5.41, 5.74) is 9.15. The number of aryl methyl sites for hydroxylation is 1. The standard InChI is InChI=1S/C14H17N3/c1-11-5-6-14(16-9-11)17-10-13-4-2-3-12(7-13)8-15/h2-7,9H,8,10,15H2,1H3,(H,16,17). The molecule has 2 rings (SSSR count). The van der Waals surface area contributed by atoms with Gasteiger partial charge in [0.25, 0.3) is 0 Å². The molecule has 0 spiro atoms. The fourth-order valence-corrected chi connectivity index (χ4v) is 1.63. The van der Waals surface area contributed by atoms with E-state index >= 15 is 0 Å². The van der Waals surface area contributed by atoms with Crippen molar-refractivity contribution in [3.8, 4) is 0 Å². The molecule has 0 bridgehead atoms. The summed E-state index contributed by atoms with van der Waals surface area (Å²) in [6.45, 7) is 3.38. The van der Waals surface area contributed by atoms with E-state index in [0.717, 1.165) is 17.9 Å². The van der Waals surface area contributed by atoms with Crippen LogP contribution >= 0.6 is 0 Å². The monoisotopic (exact) mass is 227 g/mol. The third-order valence-corrected chi connectivity index (χ3v) is 2.61. The SMILES string of the molecule is Cc1ccc(NCc2cccc(CN)c2)nc1. The van der Waals surface area contributed by atoms with Gasteiger partial charge in [-0.2, -0.15) is 0 Å². The molecule has 0 aliphatic rings. The quantitative estimate of drug-likeness (QED) is 0.843. The number of benzene rings is 1. The number of nitrogens with zero attached hydrogens (tertiary/aromatic N) is 1. The first-order valence-corrected chi connectivity index (χ1v) is 5.72. The summed E-state index contributed by atoms with van der Waals surface area (Å²) < 4.78 is 0. The van der Waals surface area contributed by atoms with E-state index in [1.54, 1.807) is 0 Å². The summed E-state index contributed by atoms with van der Waals surface area (Å²) in [5.74, 6) is 0.897. The van der Waals surface area contributed by atoms with E-state index in [9.17, 15) is 0 Å². The Hall–Kier alpha value is -1.87. The van der Waals surface area contributed by atoms with Crippen molar-refractivity contribution in [2.75, 3.05) is 5.32 Å². The minimum Gasteiger partial charge on any atom is -0.366 e. The molecule has 0 aliphatic carbocycles. The highest BCUT2D eigenvalue weighted by Gasteiger charge is 1.96. The Labute approximate surface area is 102 Å². The van der Waals surface area contributed by atoms with Gasteiger partial charge < -0.3 is 11.1 Å². The zero-order valence-corrected chi connectivity index (χ0v) is 9.98. The molecule has 0 saturated carbocycles. The molecule has 3 heteroatoms. The molecule has 17 heavy (non-hydrogen) atoms. The molecule has 1 heterocycles. The number of hydrogen-bond donors (Lipinski definition) is 2. The summed E-state index contributed by atoms with van der Waals surface area (Å²) in [4.78, 5) is 4.30. The van der Waals surface area contributed by atoms with Crippen LogP contribution < -0.4 is 11.1 Å². The Kier molecular flexibility index (Phi) is 3.73. The number of nitrogens with one attached hydrogen (secondary N) is 1. The Morgan fingerprint density at radius 3 is 2.71 bits per heavy atom. The minimum atomic E-state index is 0.580. The van der Waals surface area contributed by atoms with Gasteiger partial charge in [0.15, 0.2) is 0 Å². The zero-order chi connectivity index (χ0) is 12.1. The Morgan fingerprint density at radius 2 is 2.00 bits per heavy atom. The van der Waals surface area contributed by atoms with Crippen molar-refractivity contribution in [3.05, 3.63) is 59.3 Å². The first-order valence-electron chi connectivity index (χ1n) is 5.72. The largest absolute Gasteiger partial charge is 0.366 e. The van der Waals surface area contributed by atoms with Crippen molar-refractivity contribution in [2.45, 2.75) is 20.0 Å². The average molecular weight is 227 g/mol. The maximum atomic E-state index is 5.61. The Morgan fingerprint density at radius 1 is 1.18 bits per heavy atom. The molecule has 88 valence electrons. The van der Waals surface area contributed by atoms with Crippen molar-refractivity contribution >= 4 is 5.82 Å². The van der Waals surface area contributed by atoms with Gasteiger partial charge in [0.05, 0.1) is 0 Å². The van der Waals surface area contributed by atoms with Crippen LogP contribution in [0.15, 0.2) is 42.6 Å². The lowest BCUT2D eigenvalue weighted by atomic mass is 10.1. The third kappa shape index (κ3) is 3.29.